The highest BCUT2D eigenvalue weighted by Gasteiger charge is 2.06. The standard InChI is InChI=1S/C15H21N3S/c1-13(15-4-3-11-19-15)17-9-10-18(2)12-14-5-7-16-8-6-14/h3-8,11,13,17H,9-10,12H2,1-2H3. The molecular formula is C15H21N3S. The highest BCUT2D eigenvalue weighted by Crippen LogP contribution is 2.17. The van der Waals surface area contributed by atoms with Crippen LogP contribution in [0, 0.1) is 0 Å². The second-order valence-electron chi connectivity index (χ2n) is 4.78. The Balaban J connectivity index is 1.68. The molecule has 3 nitrogen and oxygen atoms in total. The normalized spacial score (nSPS) is 12.8. The van der Waals surface area contributed by atoms with Crippen molar-refractivity contribution in [3.8, 4) is 0 Å². The van der Waals surface area contributed by atoms with Gasteiger partial charge in [0, 0.05) is 42.9 Å². The molecular weight excluding hydrogens is 254 g/mol. The highest BCUT2D eigenvalue weighted by molar-refractivity contribution is 7.10. The minimum atomic E-state index is 0.439. The first kappa shape index (κ1) is 14.2. The van der Waals surface area contributed by atoms with Crippen LogP contribution in [-0.2, 0) is 6.54 Å². The van der Waals surface area contributed by atoms with Crippen molar-refractivity contribution >= 4 is 11.3 Å². The Morgan fingerprint density at radius 1 is 1.32 bits per heavy atom. The van der Waals surface area contributed by atoms with Crippen molar-refractivity contribution in [3.63, 3.8) is 0 Å². The van der Waals surface area contributed by atoms with Crippen LogP contribution >= 0.6 is 11.3 Å². The average molecular weight is 275 g/mol. The molecule has 1 N–H and O–H groups in total. The molecule has 0 aliphatic rings. The van der Waals surface area contributed by atoms with Crippen molar-refractivity contribution in [1.29, 1.82) is 0 Å². The maximum atomic E-state index is 4.04. The zero-order valence-electron chi connectivity index (χ0n) is 11.5. The van der Waals surface area contributed by atoms with Crippen LogP contribution in [-0.4, -0.2) is 30.0 Å². The fraction of sp³-hybridized carbons (Fsp3) is 0.400. The van der Waals surface area contributed by atoms with Gasteiger partial charge in [0.25, 0.3) is 0 Å². The molecule has 0 bridgehead atoms. The Hall–Kier alpha value is -1.23. The van der Waals surface area contributed by atoms with Gasteiger partial charge in [0.15, 0.2) is 0 Å². The predicted octanol–water partition coefficient (Wildman–Crippen LogP) is 2.93. The molecule has 0 aliphatic heterocycles. The third-order valence-corrected chi connectivity index (χ3v) is 4.17. The second kappa shape index (κ2) is 7.38. The third-order valence-electron chi connectivity index (χ3n) is 3.12. The van der Waals surface area contributed by atoms with E-state index in [1.807, 2.05) is 23.7 Å². The topological polar surface area (TPSA) is 28.2 Å². The number of likely N-dealkylation sites (N-methyl/N-ethyl adjacent to an activating group) is 1. The average Bonchev–Trinajstić information content (AvgIpc) is 2.93. The van der Waals surface area contributed by atoms with E-state index in [1.54, 1.807) is 0 Å². The molecule has 2 aromatic rings. The number of nitrogens with one attached hydrogen (secondary N) is 1. The molecule has 2 aromatic heterocycles. The summed E-state index contributed by atoms with van der Waals surface area (Å²) in [6, 6.07) is 8.86. The van der Waals surface area contributed by atoms with Gasteiger partial charge in [-0.25, -0.2) is 0 Å². The van der Waals surface area contributed by atoms with Gasteiger partial charge in [0.1, 0.15) is 0 Å². The van der Waals surface area contributed by atoms with E-state index in [4.69, 9.17) is 0 Å². The molecule has 102 valence electrons. The van der Waals surface area contributed by atoms with Gasteiger partial charge in [-0.05, 0) is 43.1 Å². The van der Waals surface area contributed by atoms with E-state index in [2.05, 4.69) is 58.8 Å². The van der Waals surface area contributed by atoms with E-state index in [-0.39, 0.29) is 0 Å². The van der Waals surface area contributed by atoms with Gasteiger partial charge in [-0.1, -0.05) is 6.07 Å². The zero-order chi connectivity index (χ0) is 13.5. The first-order valence-corrected chi connectivity index (χ1v) is 7.48. The largest absolute Gasteiger partial charge is 0.308 e. The zero-order valence-corrected chi connectivity index (χ0v) is 12.4. The van der Waals surface area contributed by atoms with Crippen LogP contribution in [0.5, 0.6) is 0 Å². The lowest BCUT2D eigenvalue weighted by atomic mass is 10.2. The molecule has 0 saturated heterocycles. The molecule has 2 heterocycles. The van der Waals surface area contributed by atoms with E-state index in [1.165, 1.54) is 10.4 Å². The fourth-order valence-corrected chi connectivity index (χ4v) is 2.75. The Labute approximate surface area is 119 Å². The van der Waals surface area contributed by atoms with Gasteiger partial charge in [-0.15, -0.1) is 11.3 Å². The smallest absolute Gasteiger partial charge is 0.0386 e. The first-order valence-electron chi connectivity index (χ1n) is 6.60. The van der Waals surface area contributed by atoms with E-state index >= 15 is 0 Å². The maximum absolute atomic E-state index is 4.04. The Morgan fingerprint density at radius 2 is 2.11 bits per heavy atom. The summed E-state index contributed by atoms with van der Waals surface area (Å²) in [5.74, 6) is 0. The Bertz CT molecular complexity index is 456. The molecule has 4 heteroatoms. The highest BCUT2D eigenvalue weighted by atomic mass is 32.1. The summed E-state index contributed by atoms with van der Waals surface area (Å²) in [5, 5.41) is 5.69. The molecule has 19 heavy (non-hydrogen) atoms. The second-order valence-corrected chi connectivity index (χ2v) is 5.76. The van der Waals surface area contributed by atoms with Gasteiger partial charge in [0.2, 0.25) is 0 Å². The summed E-state index contributed by atoms with van der Waals surface area (Å²) in [6.45, 7) is 5.23. The molecule has 0 saturated carbocycles. The number of hydrogen-bond donors (Lipinski definition) is 1. The monoisotopic (exact) mass is 275 g/mol. The summed E-state index contributed by atoms with van der Waals surface area (Å²) >= 11 is 1.81. The minimum Gasteiger partial charge on any atom is -0.308 e. The van der Waals surface area contributed by atoms with E-state index < -0.39 is 0 Å². The SMILES string of the molecule is CC(NCCN(C)Cc1ccncc1)c1cccs1. The third kappa shape index (κ3) is 4.74. The van der Waals surface area contributed by atoms with Gasteiger partial charge in [0.05, 0.1) is 0 Å². The van der Waals surface area contributed by atoms with Crippen molar-refractivity contribution in [1.82, 2.24) is 15.2 Å². The molecule has 0 fully saturated rings. The number of pyridine rings is 1. The fourth-order valence-electron chi connectivity index (χ4n) is 1.99. The lowest BCUT2D eigenvalue weighted by Crippen LogP contribution is -2.30. The van der Waals surface area contributed by atoms with E-state index in [0.717, 1.165) is 19.6 Å². The minimum absolute atomic E-state index is 0.439. The van der Waals surface area contributed by atoms with Crippen molar-refractivity contribution in [2.45, 2.75) is 19.5 Å². The Kier molecular flexibility index (Phi) is 5.51. The van der Waals surface area contributed by atoms with Crippen LogP contribution in [0.3, 0.4) is 0 Å². The van der Waals surface area contributed by atoms with Gasteiger partial charge in [-0.3, -0.25) is 4.98 Å². The van der Waals surface area contributed by atoms with Crippen molar-refractivity contribution < 1.29 is 0 Å². The van der Waals surface area contributed by atoms with E-state index in [9.17, 15) is 0 Å². The quantitative estimate of drug-likeness (QED) is 0.842. The molecule has 1 unspecified atom stereocenters. The van der Waals surface area contributed by atoms with Crippen LogP contribution in [0.25, 0.3) is 0 Å². The molecule has 0 amide bonds. The maximum Gasteiger partial charge on any atom is 0.0386 e. The molecule has 0 radical (unpaired) electrons. The lowest BCUT2D eigenvalue weighted by molar-refractivity contribution is 0.319. The van der Waals surface area contributed by atoms with Crippen molar-refractivity contribution in [2.75, 3.05) is 20.1 Å². The van der Waals surface area contributed by atoms with Crippen LogP contribution in [0.1, 0.15) is 23.4 Å². The van der Waals surface area contributed by atoms with Gasteiger partial charge < -0.3 is 10.2 Å². The number of nitrogens with zero attached hydrogens (tertiary/aromatic N) is 2. The lowest BCUT2D eigenvalue weighted by Gasteiger charge is -2.19. The Morgan fingerprint density at radius 3 is 2.79 bits per heavy atom. The number of hydrogen-bond acceptors (Lipinski definition) is 4. The van der Waals surface area contributed by atoms with Crippen molar-refractivity contribution in [3.05, 3.63) is 52.5 Å². The van der Waals surface area contributed by atoms with Crippen LogP contribution < -0.4 is 5.32 Å². The number of rotatable bonds is 7. The molecule has 1 atom stereocenters. The molecule has 0 aliphatic carbocycles. The summed E-state index contributed by atoms with van der Waals surface area (Å²) in [4.78, 5) is 7.76. The summed E-state index contributed by atoms with van der Waals surface area (Å²) < 4.78 is 0. The van der Waals surface area contributed by atoms with Crippen LogP contribution in [0.15, 0.2) is 42.0 Å². The molecule has 2 rings (SSSR count). The summed E-state index contributed by atoms with van der Waals surface area (Å²) in [7, 11) is 2.15. The predicted molar refractivity (Wildman–Crippen MR) is 81.3 cm³/mol. The van der Waals surface area contributed by atoms with Gasteiger partial charge >= 0.3 is 0 Å². The van der Waals surface area contributed by atoms with Crippen LogP contribution in [0.2, 0.25) is 0 Å². The summed E-state index contributed by atoms with van der Waals surface area (Å²) in [5.41, 5.74) is 1.31. The summed E-state index contributed by atoms with van der Waals surface area (Å²) in [6.07, 6.45) is 3.70. The molecule has 0 aromatic carbocycles. The first-order chi connectivity index (χ1) is 9.25. The van der Waals surface area contributed by atoms with Gasteiger partial charge in [-0.2, -0.15) is 0 Å². The number of aromatic nitrogens is 1. The van der Waals surface area contributed by atoms with Crippen molar-refractivity contribution in [2.24, 2.45) is 0 Å². The number of thiophene rings is 1. The molecule has 0 spiro atoms. The van der Waals surface area contributed by atoms with E-state index in [0.29, 0.717) is 6.04 Å². The van der Waals surface area contributed by atoms with Crippen LogP contribution in [0.4, 0.5) is 0 Å².